The van der Waals surface area contributed by atoms with Gasteiger partial charge in [-0.3, -0.25) is 4.79 Å². The van der Waals surface area contributed by atoms with Crippen molar-refractivity contribution < 1.29 is 9.53 Å². The van der Waals surface area contributed by atoms with Crippen LogP contribution in [-0.4, -0.2) is 27.7 Å². The zero-order chi connectivity index (χ0) is 18.7. The molecule has 26 heavy (non-hydrogen) atoms. The molecule has 3 aromatic rings. The molecule has 5 nitrogen and oxygen atoms in total. The van der Waals surface area contributed by atoms with Gasteiger partial charge < -0.3 is 10.5 Å². The molecule has 0 fully saturated rings. The molecule has 2 aromatic heterocycles. The van der Waals surface area contributed by atoms with Crippen molar-refractivity contribution in [3.63, 3.8) is 0 Å². The molecule has 0 aliphatic rings. The molecule has 3 rings (SSSR count). The number of thiophene rings is 1. The standard InChI is InChI=1S/C19H21N3O2S2/c1-4-14(17(20)23)26-19-16-15(11(3)25-18(16)21-10-22-19)12-6-8-13(9-7-12)24-5-2/h6-10,14H,4-5H2,1-3H3,(H2,20,23). The van der Waals surface area contributed by atoms with E-state index in [1.165, 1.54) is 16.6 Å². The number of amides is 1. The van der Waals surface area contributed by atoms with Crippen LogP contribution in [0.3, 0.4) is 0 Å². The zero-order valence-electron chi connectivity index (χ0n) is 15.0. The second-order valence-electron chi connectivity index (χ2n) is 5.77. The second kappa shape index (κ2) is 8.05. The Morgan fingerprint density at radius 3 is 2.62 bits per heavy atom. The van der Waals surface area contributed by atoms with Gasteiger partial charge in [-0.05, 0) is 38.0 Å². The van der Waals surface area contributed by atoms with Gasteiger partial charge in [-0.1, -0.05) is 30.8 Å². The summed E-state index contributed by atoms with van der Waals surface area (Å²) in [6, 6.07) is 8.03. The predicted octanol–water partition coefficient (Wildman–Crippen LogP) is 4.42. The minimum absolute atomic E-state index is 0.304. The van der Waals surface area contributed by atoms with E-state index in [1.54, 1.807) is 17.7 Å². The van der Waals surface area contributed by atoms with Crippen molar-refractivity contribution in [3.8, 4) is 16.9 Å². The Morgan fingerprint density at radius 1 is 1.27 bits per heavy atom. The van der Waals surface area contributed by atoms with Crippen molar-refractivity contribution in [3.05, 3.63) is 35.5 Å². The third kappa shape index (κ3) is 3.68. The van der Waals surface area contributed by atoms with Gasteiger partial charge in [0, 0.05) is 10.4 Å². The maximum atomic E-state index is 11.7. The van der Waals surface area contributed by atoms with E-state index in [-0.39, 0.29) is 11.2 Å². The number of ether oxygens (including phenoxy) is 1. The van der Waals surface area contributed by atoms with Crippen molar-refractivity contribution in [2.24, 2.45) is 5.73 Å². The molecule has 0 aliphatic heterocycles. The average Bonchev–Trinajstić information content (AvgIpc) is 2.97. The Balaban J connectivity index is 2.10. The highest BCUT2D eigenvalue weighted by Crippen LogP contribution is 2.42. The highest BCUT2D eigenvalue weighted by molar-refractivity contribution is 8.00. The van der Waals surface area contributed by atoms with Crippen LogP contribution in [0.25, 0.3) is 21.3 Å². The number of primary amides is 1. The van der Waals surface area contributed by atoms with E-state index in [4.69, 9.17) is 10.5 Å². The first-order valence-electron chi connectivity index (χ1n) is 8.48. The molecule has 0 spiro atoms. The number of hydrogen-bond donors (Lipinski definition) is 1. The normalized spacial score (nSPS) is 12.3. The summed E-state index contributed by atoms with van der Waals surface area (Å²) in [6.45, 7) is 6.64. The number of carbonyl (C=O) groups is 1. The molecule has 0 saturated carbocycles. The van der Waals surface area contributed by atoms with E-state index in [9.17, 15) is 4.79 Å². The Labute approximate surface area is 161 Å². The zero-order valence-corrected chi connectivity index (χ0v) is 16.6. The molecule has 7 heteroatoms. The minimum Gasteiger partial charge on any atom is -0.494 e. The summed E-state index contributed by atoms with van der Waals surface area (Å²) in [5, 5.41) is 1.49. The topological polar surface area (TPSA) is 78.1 Å². The first-order valence-corrected chi connectivity index (χ1v) is 10.2. The van der Waals surface area contributed by atoms with Gasteiger partial charge in [0.1, 0.15) is 21.9 Å². The molecule has 1 unspecified atom stereocenters. The smallest absolute Gasteiger partial charge is 0.230 e. The molecule has 1 amide bonds. The van der Waals surface area contributed by atoms with Gasteiger partial charge in [0.25, 0.3) is 0 Å². The van der Waals surface area contributed by atoms with Crippen LogP contribution >= 0.6 is 23.1 Å². The van der Waals surface area contributed by atoms with Crippen molar-refractivity contribution in [2.75, 3.05) is 6.61 Å². The summed E-state index contributed by atoms with van der Waals surface area (Å²) < 4.78 is 5.54. The second-order valence-corrected chi connectivity index (χ2v) is 8.16. The van der Waals surface area contributed by atoms with Crippen LogP contribution in [0.2, 0.25) is 0 Å². The fourth-order valence-electron chi connectivity index (χ4n) is 2.82. The number of aryl methyl sites for hydroxylation is 1. The Hall–Kier alpha value is -2.12. The number of hydrogen-bond acceptors (Lipinski definition) is 6. The molecule has 136 valence electrons. The SMILES string of the molecule is CCOc1ccc(-c2c(C)sc3ncnc(SC(CC)C(N)=O)c23)cc1. The summed E-state index contributed by atoms with van der Waals surface area (Å²) in [5.74, 6) is 0.526. The van der Waals surface area contributed by atoms with Gasteiger partial charge in [-0.25, -0.2) is 9.97 Å². The van der Waals surface area contributed by atoms with Crippen LogP contribution in [0, 0.1) is 6.92 Å². The molecule has 2 heterocycles. The minimum atomic E-state index is -0.321. The fourth-order valence-corrected chi connectivity index (χ4v) is 4.87. The molecule has 0 bridgehead atoms. The summed E-state index contributed by atoms with van der Waals surface area (Å²) in [6.07, 6.45) is 2.21. The van der Waals surface area contributed by atoms with Crippen LogP contribution in [0.5, 0.6) is 5.75 Å². The number of thioether (sulfide) groups is 1. The average molecular weight is 388 g/mol. The van der Waals surface area contributed by atoms with Crippen LogP contribution < -0.4 is 10.5 Å². The van der Waals surface area contributed by atoms with Crippen LogP contribution in [0.15, 0.2) is 35.6 Å². The molecule has 0 radical (unpaired) electrons. The van der Waals surface area contributed by atoms with E-state index in [1.807, 2.05) is 38.1 Å². The van der Waals surface area contributed by atoms with Crippen LogP contribution in [-0.2, 0) is 4.79 Å². The Kier molecular flexibility index (Phi) is 5.78. The van der Waals surface area contributed by atoms with Gasteiger partial charge in [0.15, 0.2) is 0 Å². The Bertz CT molecular complexity index is 922. The van der Waals surface area contributed by atoms with Gasteiger partial charge in [-0.15, -0.1) is 11.3 Å². The van der Waals surface area contributed by atoms with Crippen molar-refractivity contribution >= 4 is 39.2 Å². The first-order chi connectivity index (χ1) is 12.5. The molecule has 0 saturated heterocycles. The maximum Gasteiger partial charge on any atom is 0.230 e. The highest BCUT2D eigenvalue weighted by atomic mass is 32.2. The third-order valence-corrected chi connectivity index (χ3v) is 6.42. The number of fused-ring (bicyclic) bond motifs is 1. The molecule has 1 aromatic carbocycles. The summed E-state index contributed by atoms with van der Waals surface area (Å²) in [7, 11) is 0. The van der Waals surface area contributed by atoms with E-state index in [0.29, 0.717) is 13.0 Å². The van der Waals surface area contributed by atoms with Gasteiger partial charge in [0.05, 0.1) is 17.2 Å². The molecule has 0 aliphatic carbocycles. The number of rotatable bonds is 7. The molecular formula is C19H21N3O2S2. The van der Waals surface area contributed by atoms with Crippen molar-refractivity contribution in [1.82, 2.24) is 9.97 Å². The summed E-state index contributed by atoms with van der Waals surface area (Å²) in [5.41, 5.74) is 7.72. The van der Waals surface area contributed by atoms with Crippen molar-refractivity contribution in [2.45, 2.75) is 37.5 Å². The number of nitrogens with two attached hydrogens (primary N) is 1. The molecule has 1 atom stereocenters. The highest BCUT2D eigenvalue weighted by Gasteiger charge is 2.21. The first kappa shape index (κ1) is 18.7. The number of aromatic nitrogens is 2. The largest absolute Gasteiger partial charge is 0.494 e. The van der Waals surface area contributed by atoms with Crippen molar-refractivity contribution in [1.29, 1.82) is 0 Å². The maximum absolute atomic E-state index is 11.7. The lowest BCUT2D eigenvalue weighted by Crippen LogP contribution is -2.24. The lowest BCUT2D eigenvalue weighted by atomic mass is 10.0. The van der Waals surface area contributed by atoms with Gasteiger partial charge in [-0.2, -0.15) is 0 Å². The Morgan fingerprint density at radius 2 is 2.00 bits per heavy atom. The van der Waals surface area contributed by atoms with E-state index >= 15 is 0 Å². The van der Waals surface area contributed by atoms with Crippen LogP contribution in [0.4, 0.5) is 0 Å². The van der Waals surface area contributed by atoms with E-state index < -0.39 is 0 Å². The lowest BCUT2D eigenvalue weighted by Gasteiger charge is -2.11. The molecule has 2 N–H and O–H groups in total. The third-order valence-electron chi connectivity index (χ3n) is 4.03. The predicted molar refractivity (Wildman–Crippen MR) is 108 cm³/mol. The monoisotopic (exact) mass is 387 g/mol. The lowest BCUT2D eigenvalue weighted by molar-refractivity contribution is -0.117. The number of carbonyl (C=O) groups excluding carboxylic acids is 1. The van der Waals surface area contributed by atoms with E-state index in [2.05, 4.69) is 16.9 Å². The van der Waals surface area contributed by atoms with Crippen LogP contribution in [0.1, 0.15) is 25.1 Å². The number of nitrogens with zero attached hydrogens (tertiary/aromatic N) is 2. The number of benzene rings is 1. The summed E-state index contributed by atoms with van der Waals surface area (Å²) in [4.78, 5) is 22.6. The quantitative estimate of drug-likeness (QED) is 0.479. The molecular weight excluding hydrogens is 366 g/mol. The summed E-state index contributed by atoms with van der Waals surface area (Å²) >= 11 is 3.05. The van der Waals surface area contributed by atoms with Gasteiger partial charge in [0.2, 0.25) is 5.91 Å². The van der Waals surface area contributed by atoms with Gasteiger partial charge >= 0.3 is 0 Å². The van der Waals surface area contributed by atoms with E-state index in [0.717, 1.165) is 32.1 Å². The fraction of sp³-hybridized carbons (Fsp3) is 0.316.